The quantitative estimate of drug-likeness (QED) is 0.924. The van der Waals surface area contributed by atoms with Crippen LogP contribution in [0.15, 0.2) is 18.2 Å². The van der Waals surface area contributed by atoms with Gasteiger partial charge < -0.3 is 9.84 Å². The zero-order valence-electron chi connectivity index (χ0n) is 14.0. The fourth-order valence-corrected chi connectivity index (χ4v) is 5.08. The number of phenols is 1. The average Bonchev–Trinajstić information content (AvgIpc) is 2.52. The number of ether oxygens (including phenoxy) is 1. The Morgan fingerprint density at radius 1 is 1.26 bits per heavy atom. The van der Waals surface area contributed by atoms with E-state index in [4.69, 9.17) is 4.74 Å². The smallest absolute Gasteiger partial charge is 0.163 e. The third-order valence-electron chi connectivity index (χ3n) is 6.04. The summed E-state index contributed by atoms with van der Waals surface area (Å²) in [6.45, 7) is 7.33. The molecule has 124 valence electrons. The molecule has 4 saturated heterocycles. The van der Waals surface area contributed by atoms with Gasteiger partial charge >= 0.3 is 0 Å². The highest BCUT2D eigenvalue weighted by Gasteiger charge is 2.63. The van der Waals surface area contributed by atoms with Crippen molar-refractivity contribution >= 4 is 5.78 Å². The van der Waals surface area contributed by atoms with Gasteiger partial charge in [0.15, 0.2) is 11.5 Å². The summed E-state index contributed by atoms with van der Waals surface area (Å²) in [4.78, 5) is 17.7. The normalized spacial score (nSPS) is 41.3. The molecular weight excluding hydrogens is 292 g/mol. The van der Waals surface area contributed by atoms with E-state index in [1.807, 2.05) is 12.1 Å². The largest absolute Gasteiger partial charge is 0.504 e. The summed E-state index contributed by atoms with van der Waals surface area (Å²) >= 11 is 0. The second kappa shape index (κ2) is 4.71. The molecule has 0 spiro atoms. The maximum Gasteiger partial charge on any atom is 0.163 e. The molecule has 0 saturated carbocycles. The molecule has 4 aliphatic rings. The van der Waals surface area contributed by atoms with Gasteiger partial charge in [-0.25, -0.2) is 0 Å². The van der Waals surface area contributed by atoms with Crippen LogP contribution in [0.25, 0.3) is 0 Å². The van der Waals surface area contributed by atoms with Crippen molar-refractivity contribution in [3.63, 3.8) is 0 Å². The monoisotopic (exact) mass is 316 g/mol. The van der Waals surface area contributed by atoms with Gasteiger partial charge in [-0.15, -0.1) is 0 Å². The summed E-state index contributed by atoms with van der Waals surface area (Å²) in [7, 11) is 1.57. The average molecular weight is 316 g/mol. The summed E-state index contributed by atoms with van der Waals surface area (Å²) in [5, 5.41) is 10.6. The van der Waals surface area contributed by atoms with Gasteiger partial charge in [0.25, 0.3) is 0 Å². The van der Waals surface area contributed by atoms with E-state index in [-0.39, 0.29) is 22.7 Å². The summed E-state index contributed by atoms with van der Waals surface area (Å²) in [5.41, 5.74) is 0.360. The Balaban J connectivity index is 1.77. The number of nitrogens with zero attached hydrogens (tertiary/aromatic N) is 2. The molecule has 0 radical (unpaired) electrons. The molecule has 2 atom stereocenters. The Morgan fingerprint density at radius 2 is 1.91 bits per heavy atom. The molecule has 0 aliphatic carbocycles. The summed E-state index contributed by atoms with van der Waals surface area (Å²) in [5.74, 6) is 1.16. The molecule has 0 amide bonds. The first-order valence-electron chi connectivity index (χ1n) is 8.33. The molecule has 4 fully saturated rings. The fourth-order valence-electron chi connectivity index (χ4n) is 5.08. The van der Waals surface area contributed by atoms with Crippen LogP contribution in [0, 0.1) is 10.8 Å². The van der Waals surface area contributed by atoms with E-state index in [0.29, 0.717) is 11.5 Å². The molecule has 4 aliphatic heterocycles. The van der Waals surface area contributed by atoms with Crippen molar-refractivity contribution in [3.8, 4) is 11.5 Å². The highest BCUT2D eigenvalue weighted by Crippen LogP contribution is 2.54. The molecule has 5 nitrogen and oxygen atoms in total. The Kier molecular flexibility index (Phi) is 3.06. The maximum atomic E-state index is 12.9. The number of piperidine rings is 2. The van der Waals surface area contributed by atoms with Crippen molar-refractivity contribution in [2.24, 2.45) is 10.8 Å². The van der Waals surface area contributed by atoms with Crippen LogP contribution in [0.5, 0.6) is 11.5 Å². The van der Waals surface area contributed by atoms with E-state index < -0.39 is 0 Å². The van der Waals surface area contributed by atoms with E-state index in [1.165, 1.54) is 0 Å². The van der Waals surface area contributed by atoms with Gasteiger partial charge in [-0.05, 0) is 12.5 Å². The molecule has 5 rings (SSSR count). The number of rotatable bonds is 3. The third-order valence-corrected chi connectivity index (χ3v) is 6.04. The predicted molar refractivity (Wildman–Crippen MR) is 86.4 cm³/mol. The van der Waals surface area contributed by atoms with Gasteiger partial charge in [0.05, 0.1) is 24.1 Å². The second-order valence-electron chi connectivity index (χ2n) is 7.61. The lowest BCUT2D eigenvalue weighted by Crippen LogP contribution is -2.75. The Morgan fingerprint density at radius 3 is 2.48 bits per heavy atom. The van der Waals surface area contributed by atoms with E-state index in [9.17, 15) is 9.90 Å². The van der Waals surface area contributed by atoms with Crippen LogP contribution in [0.2, 0.25) is 0 Å². The maximum absolute atomic E-state index is 12.9. The SMILES string of the molecule is CCC12CN3CC(C)(CN(C1)C3c1cccc(OC)c1O)C2=O. The van der Waals surface area contributed by atoms with Gasteiger partial charge in [-0.3, -0.25) is 14.6 Å². The van der Waals surface area contributed by atoms with E-state index in [2.05, 4.69) is 23.6 Å². The predicted octanol–water partition coefficient (Wildman–Crippen LogP) is 2.02. The lowest BCUT2D eigenvalue weighted by Gasteiger charge is -2.65. The van der Waals surface area contributed by atoms with Crippen molar-refractivity contribution < 1.29 is 14.6 Å². The van der Waals surface area contributed by atoms with E-state index >= 15 is 0 Å². The topological polar surface area (TPSA) is 53.0 Å². The molecule has 4 heterocycles. The van der Waals surface area contributed by atoms with Gasteiger partial charge in [0.2, 0.25) is 0 Å². The number of carbonyl (C=O) groups excluding carboxylic acids is 1. The van der Waals surface area contributed by atoms with Crippen molar-refractivity contribution in [2.75, 3.05) is 33.3 Å². The first-order chi connectivity index (χ1) is 10.9. The number of ketones is 1. The fraction of sp³-hybridized carbons (Fsp3) is 0.611. The standard InChI is InChI=1S/C18H24N2O3/c1-4-18-10-19-8-17(2,16(18)22)9-20(11-18)15(19)12-6-5-7-13(23-3)14(12)21/h5-7,15,21H,4,8-11H2,1-3H3. The molecule has 1 aromatic carbocycles. The molecule has 1 N–H and O–H groups in total. The van der Waals surface area contributed by atoms with Crippen LogP contribution < -0.4 is 4.74 Å². The molecule has 5 heteroatoms. The number of hydrogen-bond acceptors (Lipinski definition) is 5. The molecular formula is C18H24N2O3. The highest BCUT2D eigenvalue weighted by atomic mass is 16.5. The number of benzene rings is 1. The zero-order valence-corrected chi connectivity index (χ0v) is 14.0. The molecule has 2 unspecified atom stereocenters. The minimum atomic E-state index is -0.280. The lowest BCUT2D eigenvalue weighted by molar-refractivity contribution is -0.200. The Labute approximate surface area is 136 Å². The lowest BCUT2D eigenvalue weighted by atomic mass is 9.60. The minimum absolute atomic E-state index is 0.0333. The zero-order chi connectivity index (χ0) is 16.4. The van der Waals surface area contributed by atoms with Crippen molar-refractivity contribution in [1.82, 2.24) is 9.80 Å². The second-order valence-corrected chi connectivity index (χ2v) is 7.61. The van der Waals surface area contributed by atoms with Gasteiger partial charge in [0.1, 0.15) is 5.78 Å². The number of methoxy groups -OCH3 is 1. The Hall–Kier alpha value is -1.59. The molecule has 1 aromatic rings. The number of carbonyl (C=O) groups is 1. The van der Waals surface area contributed by atoms with Crippen LogP contribution >= 0.6 is 0 Å². The summed E-state index contributed by atoms with van der Waals surface area (Å²) < 4.78 is 5.27. The van der Waals surface area contributed by atoms with Gasteiger partial charge in [0, 0.05) is 31.7 Å². The number of phenolic OH excluding ortho intramolecular Hbond substituents is 1. The van der Waals surface area contributed by atoms with Gasteiger partial charge in [-0.2, -0.15) is 0 Å². The minimum Gasteiger partial charge on any atom is -0.504 e. The van der Waals surface area contributed by atoms with Crippen LogP contribution in [0.1, 0.15) is 32.0 Å². The molecule has 4 bridgehead atoms. The number of aromatic hydroxyl groups is 1. The Bertz CT molecular complexity index is 656. The van der Waals surface area contributed by atoms with Crippen LogP contribution in [-0.4, -0.2) is 54.0 Å². The van der Waals surface area contributed by atoms with Crippen LogP contribution in [0.4, 0.5) is 0 Å². The van der Waals surface area contributed by atoms with Crippen LogP contribution in [0.3, 0.4) is 0 Å². The van der Waals surface area contributed by atoms with E-state index in [1.54, 1.807) is 13.2 Å². The number of Topliss-reactive ketones (excluding diaryl/α,β-unsaturated/α-hetero) is 1. The van der Waals surface area contributed by atoms with Gasteiger partial charge in [-0.1, -0.05) is 26.0 Å². The first kappa shape index (κ1) is 15.0. The summed E-state index contributed by atoms with van der Waals surface area (Å²) in [6.07, 6.45) is 0.913. The number of para-hydroxylation sites is 1. The summed E-state index contributed by atoms with van der Waals surface area (Å²) in [6, 6.07) is 5.66. The van der Waals surface area contributed by atoms with E-state index in [0.717, 1.165) is 38.2 Å². The highest BCUT2D eigenvalue weighted by molar-refractivity contribution is 5.93. The van der Waals surface area contributed by atoms with Crippen molar-refractivity contribution in [1.29, 1.82) is 0 Å². The van der Waals surface area contributed by atoms with Crippen molar-refractivity contribution in [3.05, 3.63) is 23.8 Å². The van der Waals surface area contributed by atoms with Crippen molar-refractivity contribution in [2.45, 2.75) is 26.4 Å². The third kappa shape index (κ3) is 1.83. The first-order valence-corrected chi connectivity index (χ1v) is 8.33. The molecule has 23 heavy (non-hydrogen) atoms. The molecule has 0 aromatic heterocycles. The van der Waals surface area contributed by atoms with Crippen LogP contribution in [-0.2, 0) is 4.79 Å². The number of hydrogen-bond donors (Lipinski definition) is 1.